The van der Waals surface area contributed by atoms with Crippen LogP contribution in [0.15, 0.2) is 53.0 Å². The fraction of sp³-hybridized carbons (Fsp3) is 0.200. The average molecular weight is 434 g/mol. The van der Waals surface area contributed by atoms with Crippen molar-refractivity contribution in [2.24, 2.45) is 0 Å². The summed E-state index contributed by atoms with van der Waals surface area (Å²) in [6.07, 6.45) is 2.17. The molecule has 2 rings (SSSR count). The van der Waals surface area contributed by atoms with Crippen LogP contribution in [0, 0.1) is 0 Å². The molecule has 27 heavy (non-hydrogen) atoms. The Morgan fingerprint density at radius 1 is 1.07 bits per heavy atom. The predicted molar refractivity (Wildman–Crippen MR) is 107 cm³/mol. The number of methoxy groups -OCH3 is 2. The fourth-order valence-corrected chi connectivity index (χ4v) is 2.40. The van der Waals surface area contributed by atoms with Gasteiger partial charge in [0.25, 0.3) is 5.91 Å². The molecule has 0 unspecified atom stereocenters. The van der Waals surface area contributed by atoms with E-state index in [1.807, 2.05) is 12.1 Å². The van der Waals surface area contributed by atoms with Gasteiger partial charge in [-0.1, -0.05) is 22.0 Å². The number of benzene rings is 2. The van der Waals surface area contributed by atoms with Crippen molar-refractivity contribution >= 4 is 39.6 Å². The van der Waals surface area contributed by atoms with Crippen molar-refractivity contribution in [3.05, 3.63) is 58.6 Å². The van der Waals surface area contributed by atoms with Crippen molar-refractivity contribution in [3.63, 3.8) is 0 Å². The van der Waals surface area contributed by atoms with Gasteiger partial charge in [-0.25, -0.2) is 4.79 Å². The summed E-state index contributed by atoms with van der Waals surface area (Å²) < 4.78 is 16.5. The molecule has 0 aliphatic heterocycles. The summed E-state index contributed by atoms with van der Waals surface area (Å²) in [7, 11) is 2.81. The first-order valence-corrected chi connectivity index (χ1v) is 8.89. The summed E-state index contributed by atoms with van der Waals surface area (Å²) in [4.78, 5) is 23.5. The maximum absolute atomic E-state index is 12.3. The third kappa shape index (κ3) is 6.14. The van der Waals surface area contributed by atoms with Gasteiger partial charge in [0.15, 0.2) is 17.6 Å². The number of halogens is 1. The molecule has 0 aromatic heterocycles. The van der Waals surface area contributed by atoms with Crippen LogP contribution in [0.1, 0.15) is 12.5 Å². The van der Waals surface area contributed by atoms with E-state index in [1.165, 1.54) is 20.3 Å². The van der Waals surface area contributed by atoms with Crippen LogP contribution in [-0.2, 0) is 14.3 Å². The van der Waals surface area contributed by atoms with E-state index in [0.29, 0.717) is 17.2 Å². The van der Waals surface area contributed by atoms with Crippen LogP contribution < -0.4 is 14.8 Å². The largest absolute Gasteiger partial charge is 0.493 e. The van der Waals surface area contributed by atoms with Gasteiger partial charge >= 0.3 is 5.97 Å². The van der Waals surface area contributed by atoms with Gasteiger partial charge in [-0.2, -0.15) is 0 Å². The number of hydrogen-bond acceptors (Lipinski definition) is 5. The molecule has 6 nitrogen and oxygen atoms in total. The maximum atomic E-state index is 12.3. The van der Waals surface area contributed by atoms with Crippen LogP contribution in [-0.4, -0.2) is 32.2 Å². The van der Waals surface area contributed by atoms with Crippen molar-refractivity contribution in [2.75, 3.05) is 19.5 Å². The molecule has 0 heterocycles. The van der Waals surface area contributed by atoms with Crippen molar-refractivity contribution in [2.45, 2.75) is 13.0 Å². The standard InChI is InChI=1S/C20H20BrNO5/c1-13(20(24)22-16-8-6-15(21)7-9-16)27-17-10-4-14(12-18(17)25-2)5-11-19(23)26-3/h4-13H,1-3H3,(H,22,24)/b11-5+/t13-/m0/s1. The molecule has 142 valence electrons. The van der Waals surface area contributed by atoms with Crippen LogP contribution in [0.2, 0.25) is 0 Å². The molecule has 0 fully saturated rings. The second-order valence-electron chi connectivity index (χ2n) is 5.52. The van der Waals surface area contributed by atoms with E-state index in [9.17, 15) is 9.59 Å². The topological polar surface area (TPSA) is 73.9 Å². The van der Waals surface area contributed by atoms with E-state index in [-0.39, 0.29) is 5.91 Å². The summed E-state index contributed by atoms with van der Waals surface area (Å²) in [6, 6.07) is 12.4. The monoisotopic (exact) mass is 433 g/mol. The van der Waals surface area contributed by atoms with Crippen molar-refractivity contribution < 1.29 is 23.8 Å². The number of carbonyl (C=O) groups excluding carboxylic acids is 2. The summed E-state index contributed by atoms with van der Waals surface area (Å²) in [5, 5.41) is 2.79. The quantitative estimate of drug-likeness (QED) is 0.526. The zero-order chi connectivity index (χ0) is 19.8. The van der Waals surface area contributed by atoms with E-state index in [2.05, 4.69) is 26.0 Å². The Bertz CT molecular complexity index is 833. The number of anilines is 1. The summed E-state index contributed by atoms with van der Waals surface area (Å²) in [5.41, 5.74) is 1.41. The van der Waals surface area contributed by atoms with Crippen LogP contribution in [0.5, 0.6) is 11.5 Å². The first kappa shape index (κ1) is 20.5. The highest BCUT2D eigenvalue weighted by atomic mass is 79.9. The van der Waals surface area contributed by atoms with E-state index in [1.54, 1.807) is 43.3 Å². The Morgan fingerprint density at radius 3 is 2.41 bits per heavy atom. The smallest absolute Gasteiger partial charge is 0.330 e. The minimum Gasteiger partial charge on any atom is -0.493 e. The van der Waals surface area contributed by atoms with Crippen LogP contribution >= 0.6 is 15.9 Å². The molecule has 7 heteroatoms. The highest BCUT2D eigenvalue weighted by molar-refractivity contribution is 9.10. The van der Waals surface area contributed by atoms with Crippen molar-refractivity contribution in [3.8, 4) is 11.5 Å². The lowest BCUT2D eigenvalue weighted by molar-refractivity contribution is -0.134. The minimum absolute atomic E-state index is 0.283. The summed E-state index contributed by atoms with van der Waals surface area (Å²) in [6.45, 7) is 1.65. The Balaban J connectivity index is 2.06. The van der Waals surface area contributed by atoms with Gasteiger partial charge in [0.1, 0.15) is 0 Å². The lowest BCUT2D eigenvalue weighted by atomic mass is 10.2. The average Bonchev–Trinajstić information content (AvgIpc) is 2.68. The van der Waals surface area contributed by atoms with E-state index >= 15 is 0 Å². The van der Waals surface area contributed by atoms with Crippen LogP contribution in [0.25, 0.3) is 6.08 Å². The van der Waals surface area contributed by atoms with E-state index in [4.69, 9.17) is 9.47 Å². The molecule has 0 aliphatic carbocycles. The number of rotatable bonds is 7. The molecule has 2 aromatic carbocycles. The van der Waals surface area contributed by atoms with Crippen LogP contribution in [0.3, 0.4) is 0 Å². The van der Waals surface area contributed by atoms with Crippen molar-refractivity contribution in [1.82, 2.24) is 0 Å². The van der Waals surface area contributed by atoms with Gasteiger partial charge in [-0.05, 0) is 55.0 Å². The molecule has 0 aliphatic rings. The summed E-state index contributed by atoms with van der Waals surface area (Å²) >= 11 is 3.35. The highest BCUT2D eigenvalue weighted by Gasteiger charge is 2.17. The second-order valence-corrected chi connectivity index (χ2v) is 6.44. The van der Waals surface area contributed by atoms with Gasteiger partial charge in [-0.3, -0.25) is 4.79 Å². The zero-order valence-corrected chi connectivity index (χ0v) is 16.8. The summed E-state index contributed by atoms with van der Waals surface area (Å²) in [5.74, 6) is 0.137. The molecule has 0 bridgehead atoms. The molecular formula is C20H20BrNO5. The normalized spacial score (nSPS) is 11.7. The van der Waals surface area contributed by atoms with E-state index < -0.39 is 12.1 Å². The molecule has 0 spiro atoms. The molecule has 1 atom stereocenters. The number of esters is 1. The first-order chi connectivity index (χ1) is 12.9. The van der Waals surface area contributed by atoms with Gasteiger partial charge in [-0.15, -0.1) is 0 Å². The molecular weight excluding hydrogens is 414 g/mol. The SMILES string of the molecule is COC(=O)/C=C/c1ccc(O[C@@H](C)C(=O)Nc2ccc(Br)cc2)c(OC)c1. The minimum atomic E-state index is -0.737. The third-order valence-electron chi connectivity index (χ3n) is 3.59. The van der Waals surface area contributed by atoms with Crippen LogP contribution in [0.4, 0.5) is 5.69 Å². The lowest BCUT2D eigenvalue weighted by Gasteiger charge is -2.17. The number of amides is 1. The Morgan fingerprint density at radius 2 is 1.78 bits per heavy atom. The Hall–Kier alpha value is -2.80. The van der Waals surface area contributed by atoms with E-state index in [0.717, 1.165) is 10.0 Å². The van der Waals surface area contributed by atoms with Gasteiger partial charge < -0.3 is 19.5 Å². The molecule has 1 N–H and O–H groups in total. The Labute approximate surface area is 166 Å². The second kappa shape index (κ2) is 9.78. The number of ether oxygens (including phenoxy) is 3. The number of hydrogen-bond donors (Lipinski definition) is 1. The first-order valence-electron chi connectivity index (χ1n) is 8.10. The molecule has 0 radical (unpaired) electrons. The Kier molecular flexibility index (Phi) is 7.43. The molecule has 0 saturated heterocycles. The molecule has 0 saturated carbocycles. The number of carbonyl (C=O) groups is 2. The van der Waals surface area contributed by atoms with Gasteiger partial charge in [0.2, 0.25) is 0 Å². The predicted octanol–water partition coefficient (Wildman–Crippen LogP) is 4.05. The molecule has 2 aromatic rings. The molecule has 1 amide bonds. The fourth-order valence-electron chi connectivity index (χ4n) is 2.14. The maximum Gasteiger partial charge on any atom is 0.330 e. The third-order valence-corrected chi connectivity index (χ3v) is 4.11. The number of nitrogens with one attached hydrogen (secondary N) is 1. The zero-order valence-electron chi connectivity index (χ0n) is 15.2. The highest BCUT2D eigenvalue weighted by Crippen LogP contribution is 2.29. The van der Waals surface area contributed by atoms with Crippen molar-refractivity contribution in [1.29, 1.82) is 0 Å². The van der Waals surface area contributed by atoms with Gasteiger partial charge in [0, 0.05) is 16.2 Å². The van der Waals surface area contributed by atoms with Gasteiger partial charge in [0.05, 0.1) is 14.2 Å². The lowest BCUT2D eigenvalue weighted by Crippen LogP contribution is -2.30.